The highest BCUT2D eigenvalue weighted by Crippen LogP contribution is 2.25. The molecule has 148 valence electrons. The van der Waals surface area contributed by atoms with Gasteiger partial charge in [0.1, 0.15) is 11.5 Å². The van der Waals surface area contributed by atoms with Crippen molar-refractivity contribution in [2.45, 2.75) is 6.42 Å². The number of aromatic amines is 1. The van der Waals surface area contributed by atoms with Crippen molar-refractivity contribution >= 4 is 29.7 Å². The van der Waals surface area contributed by atoms with Crippen molar-refractivity contribution in [2.24, 2.45) is 7.05 Å². The zero-order valence-electron chi connectivity index (χ0n) is 15.4. The summed E-state index contributed by atoms with van der Waals surface area (Å²) >= 11 is 11.2. The van der Waals surface area contributed by atoms with Crippen LogP contribution in [0.15, 0.2) is 53.1 Å². The van der Waals surface area contributed by atoms with Gasteiger partial charge >= 0.3 is 0 Å². The summed E-state index contributed by atoms with van der Waals surface area (Å²) in [6.07, 6.45) is 2.11. The van der Waals surface area contributed by atoms with Crippen LogP contribution in [-0.2, 0) is 13.5 Å². The number of nitrogens with one attached hydrogen (secondary N) is 2. The minimum absolute atomic E-state index is 0.270. The van der Waals surface area contributed by atoms with Crippen LogP contribution in [0.25, 0.3) is 17.1 Å². The van der Waals surface area contributed by atoms with Gasteiger partial charge < -0.3 is 14.3 Å². The molecule has 10 heteroatoms. The highest BCUT2D eigenvalue weighted by Gasteiger charge is 2.18. The van der Waals surface area contributed by atoms with Crippen LogP contribution in [0.2, 0.25) is 5.02 Å². The molecule has 0 aliphatic rings. The lowest BCUT2D eigenvalue weighted by atomic mass is 10.2. The Balaban J connectivity index is 1.57. The zero-order chi connectivity index (χ0) is 20.4. The summed E-state index contributed by atoms with van der Waals surface area (Å²) in [6, 6.07) is 12.5. The Labute approximate surface area is 176 Å². The number of amides is 1. The number of carbonyl (C=O) groups is 1. The fraction of sp³-hybridized carbons (Fsp3) is 0.158. The van der Waals surface area contributed by atoms with Gasteiger partial charge in [-0.1, -0.05) is 17.7 Å². The molecule has 2 N–H and O–H groups in total. The standard InChI is InChI=1S/C19H17ClN6O2S/c1-25-17(22-23-19(25)29)7-8-21-18(27)14-11-15(16-6-3-9-28-16)26(24-14)13-5-2-4-12(20)10-13/h2-6,9-11H,7-8H2,1H3,(H,21,27)(H,23,29). The van der Waals surface area contributed by atoms with Gasteiger partial charge in [-0.2, -0.15) is 10.2 Å². The maximum absolute atomic E-state index is 12.7. The van der Waals surface area contributed by atoms with Crippen molar-refractivity contribution in [3.63, 3.8) is 0 Å². The lowest BCUT2D eigenvalue weighted by Gasteiger charge is -2.06. The van der Waals surface area contributed by atoms with E-state index in [-0.39, 0.29) is 11.6 Å². The third-order valence-corrected chi connectivity index (χ3v) is 4.98. The monoisotopic (exact) mass is 428 g/mol. The second-order valence-corrected chi connectivity index (χ2v) is 7.12. The second-order valence-electron chi connectivity index (χ2n) is 6.29. The quantitative estimate of drug-likeness (QED) is 0.458. The number of halogens is 1. The number of furan rings is 1. The predicted molar refractivity (Wildman–Crippen MR) is 111 cm³/mol. The first-order chi connectivity index (χ1) is 14.0. The van der Waals surface area contributed by atoms with Crippen LogP contribution in [0.5, 0.6) is 0 Å². The summed E-state index contributed by atoms with van der Waals surface area (Å²) in [5.74, 6) is 1.06. The smallest absolute Gasteiger partial charge is 0.271 e. The van der Waals surface area contributed by atoms with Crippen LogP contribution in [0.1, 0.15) is 16.3 Å². The summed E-state index contributed by atoms with van der Waals surface area (Å²) in [5.41, 5.74) is 1.65. The molecule has 3 heterocycles. The molecule has 4 rings (SSSR count). The number of aromatic nitrogens is 5. The van der Waals surface area contributed by atoms with Gasteiger partial charge in [-0.15, -0.1) is 0 Å². The van der Waals surface area contributed by atoms with Crippen LogP contribution in [0.4, 0.5) is 0 Å². The van der Waals surface area contributed by atoms with Gasteiger partial charge in [-0.25, -0.2) is 4.68 Å². The van der Waals surface area contributed by atoms with E-state index in [0.29, 0.717) is 34.2 Å². The van der Waals surface area contributed by atoms with Crippen molar-refractivity contribution in [2.75, 3.05) is 6.54 Å². The second kappa shape index (κ2) is 8.06. The highest BCUT2D eigenvalue weighted by molar-refractivity contribution is 7.71. The third-order valence-electron chi connectivity index (χ3n) is 4.37. The molecule has 0 fully saturated rings. The van der Waals surface area contributed by atoms with E-state index in [2.05, 4.69) is 20.6 Å². The molecule has 0 aliphatic heterocycles. The molecular weight excluding hydrogens is 412 g/mol. The molecule has 1 aromatic carbocycles. The average molecular weight is 429 g/mol. The van der Waals surface area contributed by atoms with Crippen LogP contribution < -0.4 is 5.32 Å². The molecule has 0 bridgehead atoms. The average Bonchev–Trinajstić information content (AvgIpc) is 3.44. The fourth-order valence-electron chi connectivity index (χ4n) is 2.88. The summed E-state index contributed by atoms with van der Waals surface area (Å²) in [5, 5.41) is 14.8. The maximum Gasteiger partial charge on any atom is 0.271 e. The molecule has 1 amide bonds. The molecule has 29 heavy (non-hydrogen) atoms. The Kier molecular flexibility index (Phi) is 5.32. The number of carbonyl (C=O) groups excluding carboxylic acids is 1. The minimum atomic E-state index is -0.296. The van der Waals surface area contributed by atoms with Gasteiger partial charge in [0.2, 0.25) is 0 Å². The first kappa shape index (κ1) is 19.2. The zero-order valence-corrected chi connectivity index (χ0v) is 17.0. The predicted octanol–water partition coefficient (Wildman–Crippen LogP) is 3.55. The van der Waals surface area contributed by atoms with Crippen molar-refractivity contribution < 1.29 is 9.21 Å². The van der Waals surface area contributed by atoms with E-state index >= 15 is 0 Å². The van der Waals surface area contributed by atoms with E-state index in [0.717, 1.165) is 11.5 Å². The van der Waals surface area contributed by atoms with Crippen molar-refractivity contribution in [1.82, 2.24) is 29.9 Å². The molecule has 0 saturated carbocycles. The van der Waals surface area contributed by atoms with E-state index in [9.17, 15) is 4.79 Å². The number of nitrogens with zero attached hydrogens (tertiary/aromatic N) is 4. The van der Waals surface area contributed by atoms with Crippen LogP contribution in [0, 0.1) is 4.77 Å². The van der Waals surface area contributed by atoms with Gasteiger partial charge in [0.25, 0.3) is 5.91 Å². The largest absolute Gasteiger partial charge is 0.463 e. The third kappa shape index (κ3) is 4.01. The molecule has 4 aromatic rings. The highest BCUT2D eigenvalue weighted by atomic mass is 35.5. The van der Waals surface area contributed by atoms with Crippen LogP contribution in [0.3, 0.4) is 0 Å². The van der Waals surface area contributed by atoms with E-state index in [4.69, 9.17) is 28.2 Å². The lowest BCUT2D eigenvalue weighted by molar-refractivity contribution is 0.0948. The van der Waals surface area contributed by atoms with Crippen LogP contribution >= 0.6 is 23.8 Å². The number of rotatable bonds is 6. The molecule has 0 saturated heterocycles. The van der Waals surface area contributed by atoms with Gasteiger partial charge in [-0.05, 0) is 42.5 Å². The molecule has 0 spiro atoms. The molecule has 0 radical (unpaired) electrons. The first-order valence-corrected chi connectivity index (χ1v) is 9.60. The molecule has 0 aliphatic carbocycles. The topological polar surface area (TPSA) is 93.7 Å². The van der Waals surface area contributed by atoms with Gasteiger partial charge in [0.05, 0.1) is 12.0 Å². The summed E-state index contributed by atoms with van der Waals surface area (Å²) in [6.45, 7) is 0.395. The number of benzene rings is 1. The summed E-state index contributed by atoms with van der Waals surface area (Å²) < 4.78 is 9.45. The van der Waals surface area contributed by atoms with Gasteiger partial charge in [0, 0.05) is 31.1 Å². The van der Waals surface area contributed by atoms with Gasteiger partial charge in [0.15, 0.2) is 16.2 Å². The maximum atomic E-state index is 12.7. The number of hydrogen-bond donors (Lipinski definition) is 2. The molecule has 0 atom stereocenters. The van der Waals surface area contributed by atoms with E-state index < -0.39 is 0 Å². The molecule has 0 unspecified atom stereocenters. The summed E-state index contributed by atoms with van der Waals surface area (Å²) in [4.78, 5) is 12.7. The van der Waals surface area contributed by atoms with Crippen LogP contribution in [-0.4, -0.2) is 37.0 Å². The Hall–Kier alpha value is -3.17. The minimum Gasteiger partial charge on any atom is -0.463 e. The fourth-order valence-corrected chi connectivity index (χ4v) is 3.21. The first-order valence-electron chi connectivity index (χ1n) is 8.81. The van der Waals surface area contributed by atoms with E-state index in [1.165, 1.54) is 0 Å². The molecule has 3 aromatic heterocycles. The normalized spacial score (nSPS) is 11.0. The summed E-state index contributed by atoms with van der Waals surface area (Å²) in [7, 11) is 1.82. The van der Waals surface area contributed by atoms with Crippen molar-refractivity contribution in [3.8, 4) is 17.1 Å². The van der Waals surface area contributed by atoms with Gasteiger partial charge in [-0.3, -0.25) is 9.89 Å². The van der Waals surface area contributed by atoms with Crippen molar-refractivity contribution in [3.05, 3.63) is 70.0 Å². The Bertz CT molecular complexity index is 1210. The Morgan fingerprint density at radius 3 is 2.86 bits per heavy atom. The number of H-pyrrole nitrogens is 1. The SMILES string of the molecule is Cn1c(CCNC(=O)c2cc(-c3ccco3)n(-c3cccc(Cl)c3)n2)n[nH]c1=S. The Morgan fingerprint density at radius 2 is 2.17 bits per heavy atom. The lowest BCUT2D eigenvalue weighted by Crippen LogP contribution is -2.26. The van der Waals surface area contributed by atoms with E-state index in [1.54, 1.807) is 39.8 Å². The Morgan fingerprint density at radius 1 is 1.31 bits per heavy atom. The molecule has 8 nitrogen and oxygen atoms in total. The van der Waals surface area contributed by atoms with E-state index in [1.807, 2.05) is 25.2 Å². The van der Waals surface area contributed by atoms with Crippen molar-refractivity contribution in [1.29, 1.82) is 0 Å². The molecular formula is C19H17ClN6O2S. The number of hydrogen-bond acceptors (Lipinski definition) is 5.